The van der Waals surface area contributed by atoms with E-state index in [1.54, 1.807) is 0 Å². The molecule has 2 aliphatic heterocycles. The van der Waals surface area contributed by atoms with Gasteiger partial charge in [0.25, 0.3) is 0 Å². The van der Waals surface area contributed by atoms with Gasteiger partial charge in [-0.05, 0) is 36.5 Å². The van der Waals surface area contributed by atoms with Gasteiger partial charge in [0.1, 0.15) is 5.50 Å². The number of nitrogens with zero attached hydrogens (tertiary/aromatic N) is 1. The number of hydrogen-bond acceptors (Lipinski definition) is 5. The van der Waals surface area contributed by atoms with Crippen LogP contribution in [0.2, 0.25) is 0 Å². The number of ether oxygens (including phenoxy) is 1. The summed E-state index contributed by atoms with van der Waals surface area (Å²) >= 11 is 6.35. The zero-order valence-electron chi connectivity index (χ0n) is 18.6. The second-order valence-electron chi connectivity index (χ2n) is 9.64. The van der Waals surface area contributed by atoms with E-state index in [4.69, 9.17) is 16.3 Å². The number of rotatable bonds is 9. The molecule has 7 heteroatoms. The number of benzene rings is 1. The van der Waals surface area contributed by atoms with Gasteiger partial charge in [0.2, 0.25) is 0 Å². The fourth-order valence-electron chi connectivity index (χ4n) is 4.29. The number of nitrogens with one attached hydrogen (secondary N) is 2. The fraction of sp³-hybridized carbons (Fsp3) is 0.696. The Morgan fingerprint density at radius 1 is 1.37 bits per heavy atom. The second kappa shape index (κ2) is 9.75. The van der Waals surface area contributed by atoms with Crippen molar-refractivity contribution < 1.29 is 14.6 Å². The zero-order valence-corrected chi connectivity index (χ0v) is 19.3. The Morgan fingerprint density at radius 2 is 2.07 bits per heavy atom. The largest absolute Gasteiger partial charge is 0.481 e. The van der Waals surface area contributed by atoms with Crippen LogP contribution in [0.3, 0.4) is 0 Å². The van der Waals surface area contributed by atoms with Crippen molar-refractivity contribution >= 4 is 28.9 Å². The lowest BCUT2D eigenvalue weighted by molar-refractivity contribution is -0.138. The Balaban J connectivity index is 1.98. The van der Waals surface area contributed by atoms with E-state index in [0.29, 0.717) is 12.0 Å². The lowest BCUT2D eigenvalue weighted by Crippen LogP contribution is -2.58. The molecule has 2 aliphatic rings. The summed E-state index contributed by atoms with van der Waals surface area (Å²) in [5, 5.41) is 16.2. The highest BCUT2D eigenvalue weighted by Crippen LogP contribution is 2.37. The number of aliphatic carboxylic acids is 1. The minimum Gasteiger partial charge on any atom is -0.481 e. The van der Waals surface area contributed by atoms with Crippen LogP contribution in [0.15, 0.2) is 18.2 Å². The van der Waals surface area contributed by atoms with Crippen molar-refractivity contribution in [1.29, 1.82) is 0 Å². The molecule has 1 aromatic carbocycles. The van der Waals surface area contributed by atoms with Crippen LogP contribution >= 0.6 is 11.6 Å². The molecule has 1 unspecified atom stereocenters. The molecule has 0 saturated carbocycles. The number of hydrogen-bond donors (Lipinski definition) is 3. The van der Waals surface area contributed by atoms with E-state index in [-0.39, 0.29) is 18.0 Å². The molecule has 2 fully saturated rings. The predicted molar refractivity (Wildman–Crippen MR) is 123 cm³/mol. The van der Waals surface area contributed by atoms with Crippen molar-refractivity contribution in [3.63, 3.8) is 0 Å². The number of anilines is 2. The summed E-state index contributed by atoms with van der Waals surface area (Å²) in [7, 11) is 0. The number of carboxylic acid groups (broad SMARTS) is 1. The first-order valence-corrected chi connectivity index (χ1v) is 11.5. The molecule has 2 atom stereocenters. The molecule has 0 radical (unpaired) electrons. The third kappa shape index (κ3) is 5.59. The minimum atomic E-state index is -0.786. The monoisotopic (exact) mass is 437 g/mol. The maximum absolute atomic E-state index is 11.4. The van der Waals surface area contributed by atoms with Crippen LogP contribution < -0.4 is 15.5 Å². The van der Waals surface area contributed by atoms with Gasteiger partial charge in [-0.25, -0.2) is 0 Å². The maximum Gasteiger partial charge on any atom is 0.304 e. The third-order valence-electron chi connectivity index (χ3n) is 6.10. The van der Waals surface area contributed by atoms with Gasteiger partial charge in [-0.3, -0.25) is 10.1 Å². The highest BCUT2D eigenvalue weighted by Gasteiger charge is 2.32. The van der Waals surface area contributed by atoms with Crippen molar-refractivity contribution in [2.24, 2.45) is 5.92 Å². The average Bonchev–Trinajstić information content (AvgIpc) is 2.68. The summed E-state index contributed by atoms with van der Waals surface area (Å²) in [6.07, 6.45) is 2.12. The molecule has 0 spiro atoms. The number of alkyl halides is 1. The Bertz CT molecular complexity index is 734. The average molecular weight is 438 g/mol. The van der Waals surface area contributed by atoms with Crippen LogP contribution in [0.25, 0.3) is 0 Å². The molecule has 0 aromatic heterocycles. The van der Waals surface area contributed by atoms with Crippen molar-refractivity contribution in [2.75, 3.05) is 36.5 Å². The van der Waals surface area contributed by atoms with Gasteiger partial charge in [0.05, 0.1) is 23.8 Å². The molecule has 3 N–H and O–H groups in total. The maximum atomic E-state index is 11.4. The number of halogens is 1. The molecule has 0 aliphatic carbocycles. The SMILES string of the molecule is CC(C)CN(c1ccc(C(C)(C)CC(=O)O)cc1NC1CN[C@H]1Cl)C1CCOCC1. The Morgan fingerprint density at radius 3 is 2.60 bits per heavy atom. The van der Waals surface area contributed by atoms with Crippen molar-refractivity contribution in [2.45, 2.75) is 70.0 Å². The van der Waals surface area contributed by atoms with E-state index in [0.717, 1.165) is 50.4 Å². The van der Waals surface area contributed by atoms with Gasteiger partial charge < -0.3 is 20.1 Å². The van der Waals surface area contributed by atoms with E-state index in [1.165, 1.54) is 5.69 Å². The first-order valence-electron chi connectivity index (χ1n) is 11.0. The smallest absolute Gasteiger partial charge is 0.304 e. The lowest BCUT2D eigenvalue weighted by Gasteiger charge is -2.41. The lowest BCUT2D eigenvalue weighted by atomic mass is 9.81. The molecule has 2 saturated heterocycles. The molecule has 168 valence electrons. The van der Waals surface area contributed by atoms with Gasteiger partial charge in [-0.1, -0.05) is 33.8 Å². The Hall–Kier alpha value is -1.50. The third-order valence-corrected chi connectivity index (χ3v) is 6.56. The molecule has 2 heterocycles. The molecule has 0 amide bonds. The van der Waals surface area contributed by atoms with Gasteiger partial charge in [-0.2, -0.15) is 0 Å². The van der Waals surface area contributed by atoms with Crippen LogP contribution in [0.4, 0.5) is 11.4 Å². The van der Waals surface area contributed by atoms with E-state index >= 15 is 0 Å². The summed E-state index contributed by atoms with van der Waals surface area (Å²) < 4.78 is 5.60. The highest BCUT2D eigenvalue weighted by molar-refractivity contribution is 6.21. The summed E-state index contributed by atoms with van der Waals surface area (Å²) in [6.45, 7) is 11.8. The molecule has 0 bridgehead atoms. The van der Waals surface area contributed by atoms with Crippen molar-refractivity contribution in [1.82, 2.24) is 5.32 Å². The van der Waals surface area contributed by atoms with Gasteiger partial charge in [0.15, 0.2) is 0 Å². The highest BCUT2D eigenvalue weighted by atomic mass is 35.5. The predicted octanol–water partition coefficient (Wildman–Crippen LogP) is 4.03. The first kappa shape index (κ1) is 23.2. The van der Waals surface area contributed by atoms with Gasteiger partial charge in [-0.15, -0.1) is 11.6 Å². The van der Waals surface area contributed by atoms with Crippen LogP contribution in [-0.2, 0) is 14.9 Å². The van der Waals surface area contributed by atoms with Crippen LogP contribution in [0.5, 0.6) is 0 Å². The van der Waals surface area contributed by atoms with Crippen LogP contribution in [0, 0.1) is 5.92 Å². The molecule has 30 heavy (non-hydrogen) atoms. The van der Waals surface area contributed by atoms with E-state index in [1.807, 2.05) is 13.8 Å². The second-order valence-corrected chi connectivity index (χ2v) is 10.1. The van der Waals surface area contributed by atoms with Gasteiger partial charge in [0, 0.05) is 37.8 Å². The summed E-state index contributed by atoms with van der Waals surface area (Å²) in [4.78, 5) is 13.9. The first-order chi connectivity index (χ1) is 14.2. The summed E-state index contributed by atoms with van der Waals surface area (Å²) in [5.41, 5.74) is 2.67. The summed E-state index contributed by atoms with van der Waals surface area (Å²) in [6, 6.07) is 6.97. The normalized spacial score (nSPS) is 22.6. The summed E-state index contributed by atoms with van der Waals surface area (Å²) in [5.74, 6) is -0.263. The molecular formula is C23H36ClN3O3. The molecule has 3 rings (SSSR count). The Labute approximate surface area is 185 Å². The Kier molecular flexibility index (Phi) is 7.53. The van der Waals surface area contributed by atoms with Crippen molar-refractivity contribution in [3.8, 4) is 0 Å². The van der Waals surface area contributed by atoms with Crippen LogP contribution in [-0.4, -0.2) is 55.0 Å². The molecule has 6 nitrogen and oxygen atoms in total. The van der Waals surface area contributed by atoms with E-state index < -0.39 is 11.4 Å². The van der Waals surface area contributed by atoms with E-state index in [9.17, 15) is 9.90 Å². The zero-order chi connectivity index (χ0) is 21.9. The quantitative estimate of drug-likeness (QED) is 0.400. The van der Waals surface area contributed by atoms with Gasteiger partial charge >= 0.3 is 5.97 Å². The topological polar surface area (TPSA) is 73.8 Å². The molecule has 1 aromatic rings. The van der Waals surface area contributed by atoms with Crippen molar-refractivity contribution in [3.05, 3.63) is 23.8 Å². The number of carbonyl (C=O) groups is 1. The molecular weight excluding hydrogens is 402 g/mol. The fourth-order valence-corrected chi connectivity index (χ4v) is 4.53. The van der Waals surface area contributed by atoms with E-state index in [2.05, 4.69) is 47.6 Å². The minimum absolute atomic E-state index is 0.0879. The standard InChI is InChI=1S/C23H36ClN3O3/c1-15(2)14-27(17-7-9-30-10-8-17)20-6-5-16(23(3,4)12-21(28)29)11-18(20)26-19-13-25-22(19)24/h5-6,11,15,17,19,22,25-26H,7-10,12-14H2,1-4H3,(H,28,29)/t19?,22-/m1/s1. The van der Waals surface area contributed by atoms with Crippen LogP contribution in [0.1, 0.15) is 52.5 Å². The number of carboxylic acids is 1.